The molecule has 0 spiro atoms. The SMILES string of the molecule is CCOc1cn([C@H]2C[C@@H](O)[C@H](CO)O2)c(=O)nc1N. The molecule has 1 aliphatic rings. The average molecular weight is 271 g/mol. The number of aliphatic hydroxyl groups excluding tert-OH is 2. The summed E-state index contributed by atoms with van der Waals surface area (Å²) in [6.45, 7) is 1.86. The van der Waals surface area contributed by atoms with Gasteiger partial charge in [-0.1, -0.05) is 0 Å². The van der Waals surface area contributed by atoms with Gasteiger partial charge in [0.2, 0.25) is 0 Å². The lowest BCUT2D eigenvalue weighted by Gasteiger charge is -2.16. The highest BCUT2D eigenvalue weighted by atomic mass is 16.5. The summed E-state index contributed by atoms with van der Waals surface area (Å²) >= 11 is 0. The van der Waals surface area contributed by atoms with Crippen molar-refractivity contribution < 1.29 is 19.7 Å². The van der Waals surface area contributed by atoms with Gasteiger partial charge in [-0.05, 0) is 6.92 Å². The summed E-state index contributed by atoms with van der Waals surface area (Å²) in [5.41, 5.74) is 4.99. The van der Waals surface area contributed by atoms with Gasteiger partial charge in [0.05, 0.1) is 25.5 Å². The Kier molecular flexibility index (Phi) is 4.03. The maximum absolute atomic E-state index is 11.8. The summed E-state index contributed by atoms with van der Waals surface area (Å²) in [7, 11) is 0. The van der Waals surface area contributed by atoms with Crippen molar-refractivity contribution in [3.05, 3.63) is 16.7 Å². The molecule has 3 atom stereocenters. The van der Waals surface area contributed by atoms with Crippen LogP contribution in [0.25, 0.3) is 0 Å². The van der Waals surface area contributed by atoms with Crippen molar-refractivity contribution in [1.82, 2.24) is 9.55 Å². The zero-order chi connectivity index (χ0) is 14.0. The number of nitrogens with zero attached hydrogens (tertiary/aromatic N) is 2. The van der Waals surface area contributed by atoms with Gasteiger partial charge in [-0.3, -0.25) is 4.57 Å². The van der Waals surface area contributed by atoms with E-state index in [0.717, 1.165) is 0 Å². The highest BCUT2D eigenvalue weighted by Crippen LogP contribution is 2.28. The van der Waals surface area contributed by atoms with Gasteiger partial charge in [0.25, 0.3) is 0 Å². The van der Waals surface area contributed by atoms with E-state index in [1.807, 2.05) is 0 Å². The fraction of sp³-hybridized carbons (Fsp3) is 0.636. The van der Waals surface area contributed by atoms with Crippen LogP contribution in [0.5, 0.6) is 5.75 Å². The first-order chi connectivity index (χ1) is 9.06. The van der Waals surface area contributed by atoms with Crippen LogP contribution in [0.1, 0.15) is 19.6 Å². The Hall–Kier alpha value is -1.64. The highest BCUT2D eigenvalue weighted by Gasteiger charge is 2.35. The number of hydrogen-bond acceptors (Lipinski definition) is 7. The number of ether oxygens (including phenoxy) is 2. The maximum Gasteiger partial charge on any atom is 0.351 e. The summed E-state index contributed by atoms with van der Waals surface area (Å²) in [4.78, 5) is 15.4. The molecule has 0 radical (unpaired) electrons. The monoisotopic (exact) mass is 271 g/mol. The topological polar surface area (TPSA) is 120 Å². The number of rotatable bonds is 4. The first-order valence-electron chi connectivity index (χ1n) is 6.02. The van der Waals surface area contributed by atoms with E-state index in [9.17, 15) is 9.90 Å². The minimum absolute atomic E-state index is 0.0142. The largest absolute Gasteiger partial charge is 0.488 e. The molecular formula is C11H17N3O5. The van der Waals surface area contributed by atoms with E-state index >= 15 is 0 Å². The van der Waals surface area contributed by atoms with E-state index < -0.39 is 24.1 Å². The zero-order valence-corrected chi connectivity index (χ0v) is 10.5. The maximum atomic E-state index is 11.8. The van der Waals surface area contributed by atoms with Gasteiger partial charge in [-0.25, -0.2) is 4.79 Å². The third-order valence-corrected chi connectivity index (χ3v) is 2.94. The van der Waals surface area contributed by atoms with E-state index in [0.29, 0.717) is 6.61 Å². The lowest BCUT2D eigenvalue weighted by atomic mass is 10.2. The van der Waals surface area contributed by atoms with E-state index in [4.69, 9.17) is 20.3 Å². The van der Waals surface area contributed by atoms with Gasteiger partial charge in [-0.15, -0.1) is 0 Å². The Balaban J connectivity index is 2.30. The molecular weight excluding hydrogens is 254 g/mol. The van der Waals surface area contributed by atoms with Gasteiger partial charge in [0.15, 0.2) is 11.6 Å². The lowest BCUT2D eigenvalue weighted by Crippen LogP contribution is -2.28. The minimum Gasteiger partial charge on any atom is -0.488 e. The van der Waals surface area contributed by atoms with Crippen molar-refractivity contribution in [2.75, 3.05) is 18.9 Å². The van der Waals surface area contributed by atoms with Crippen LogP contribution in [0.2, 0.25) is 0 Å². The van der Waals surface area contributed by atoms with Crippen molar-refractivity contribution in [3.8, 4) is 5.75 Å². The quantitative estimate of drug-likeness (QED) is 0.633. The average Bonchev–Trinajstić information content (AvgIpc) is 2.74. The summed E-state index contributed by atoms with van der Waals surface area (Å²) in [6.07, 6.45) is -0.611. The van der Waals surface area contributed by atoms with Crippen LogP contribution in [-0.4, -0.2) is 45.2 Å². The second kappa shape index (κ2) is 5.55. The van der Waals surface area contributed by atoms with E-state index in [-0.39, 0.29) is 24.6 Å². The van der Waals surface area contributed by atoms with Crippen LogP contribution in [-0.2, 0) is 4.74 Å². The van der Waals surface area contributed by atoms with Crippen LogP contribution in [0.4, 0.5) is 5.82 Å². The van der Waals surface area contributed by atoms with Gasteiger partial charge in [-0.2, -0.15) is 4.98 Å². The number of anilines is 1. The summed E-state index contributed by atoms with van der Waals surface area (Å²) in [5, 5.41) is 18.7. The van der Waals surface area contributed by atoms with Crippen molar-refractivity contribution in [3.63, 3.8) is 0 Å². The molecule has 0 bridgehead atoms. The molecule has 4 N–H and O–H groups in total. The van der Waals surface area contributed by atoms with E-state index in [1.54, 1.807) is 6.92 Å². The first-order valence-corrected chi connectivity index (χ1v) is 6.02. The molecule has 1 aromatic heterocycles. The van der Waals surface area contributed by atoms with Crippen LogP contribution in [0, 0.1) is 0 Å². The normalized spacial score (nSPS) is 26.6. The standard InChI is InChI=1S/C11H17N3O5/c1-2-18-7-4-14(11(17)13-10(7)12)9-3-6(16)8(5-15)19-9/h4,6,8-9,15-16H,2-3,5H2,1H3,(H2,12,13,17)/t6-,8+,9-/m1/s1. The van der Waals surface area contributed by atoms with Crippen molar-refractivity contribution in [2.24, 2.45) is 0 Å². The van der Waals surface area contributed by atoms with Crippen molar-refractivity contribution in [2.45, 2.75) is 31.8 Å². The molecule has 8 nitrogen and oxygen atoms in total. The van der Waals surface area contributed by atoms with E-state index in [2.05, 4.69) is 4.98 Å². The molecule has 2 heterocycles. The summed E-state index contributed by atoms with van der Waals surface area (Å²) in [6, 6.07) is 0. The molecule has 0 unspecified atom stereocenters. The molecule has 19 heavy (non-hydrogen) atoms. The molecule has 2 rings (SSSR count). The van der Waals surface area contributed by atoms with Gasteiger partial charge < -0.3 is 25.4 Å². The Labute approximate surface area is 109 Å². The molecule has 0 saturated carbocycles. The van der Waals surface area contributed by atoms with Gasteiger partial charge in [0.1, 0.15) is 12.3 Å². The molecule has 0 aliphatic carbocycles. The Morgan fingerprint density at radius 2 is 2.42 bits per heavy atom. The van der Waals surface area contributed by atoms with Gasteiger partial charge >= 0.3 is 5.69 Å². The second-order valence-corrected chi connectivity index (χ2v) is 4.23. The summed E-state index contributed by atoms with van der Waals surface area (Å²) < 4.78 is 11.9. The molecule has 1 fully saturated rings. The Morgan fingerprint density at radius 1 is 1.68 bits per heavy atom. The van der Waals surface area contributed by atoms with Crippen LogP contribution in [0.15, 0.2) is 11.0 Å². The van der Waals surface area contributed by atoms with Crippen LogP contribution < -0.4 is 16.2 Å². The predicted octanol–water partition coefficient (Wildman–Crippen LogP) is -1.14. The van der Waals surface area contributed by atoms with Crippen molar-refractivity contribution in [1.29, 1.82) is 0 Å². The Morgan fingerprint density at radius 3 is 3.00 bits per heavy atom. The Bertz CT molecular complexity index is 504. The van der Waals surface area contributed by atoms with E-state index in [1.165, 1.54) is 10.8 Å². The molecule has 1 saturated heterocycles. The fourth-order valence-electron chi connectivity index (χ4n) is 1.99. The smallest absolute Gasteiger partial charge is 0.351 e. The van der Waals surface area contributed by atoms with Crippen LogP contribution >= 0.6 is 0 Å². The van der Waals surface area contributed by atoms with Gasteiger partial charge in [0, 0.05) is 6.42 Å². The second-order valence-electron chi connectivity index (χ2n) is 4.23. The first kappa shape index (κ1) is 13.8. The fourth-order valence-corrected chi connectivity index (χ4v) is 1.99. The molecule has 0 aromatic carbocycles. The lowest BCUT2D eigenvalue weighted by molar-refractivity contribution is -0.0460. The molecule has 106 valence electrons. The molecule has 1 aliphatic heterocycles. The third-order valence-electron chi connectivity index (χ3n) is 2.94. The molecule has 1 aromatic rings. The zero-order valence-electron chi connectivity index (χ0n) is 10.5. The van der Waals surface area contributed by atoms with Crippen LogP contribution in [0.3, 0.4) is 0 Å². The summed E-state index contributed by atoms with van der Waals surface area (Å²) in [5.74, 6) is 0.299. The number of nitrogen functional groups attached to an aromatic ring is 1. The molecule has 0 amide bonds. The number of aromatic nitrogens is 2. The predicted molar refractivity (Wildman–Crippen MR) is 65.7 cm³/mol. The number of aliphatic hydroxyl groups is 2. The molecule has 8 heteroatoms. The third kappa shape index (κ3) is 2.70. The van der Waals surface area contributed by atoms with Crippen molar-refractivity contribution >= 4 is 5.82 Å². The number of nitrogens with two attached hydrogens (primary N) is 1. The number of hydrogen-bond donors (Lipinski definition) is 3. The minimum atomic E-state index is -0.824. The highest BCUT2D eigenvalue weighted by molar-refractivity contribution is 5.43.